The molecule has 0 bridgehead atoms. The Morgan fingerprint density at radius 2 is 2.07 bits per heavy atom. The number of amidine groups is 1. The van der Waals surface area contributed by atoms with Crippen LogP contribution in [0.3, 0.4) is 0 Å². The highest BCUT2D eigenvalue weighted by molar-refractivity contribution is 9.10. The minimum Gasteiger partial charge on any atom is -0.305 e. The highest BCUT2D eigenvalue weighted by atomic mass is 79.9. The van der Waals surface area contributed by atoms with Crippen molar-refractivity contribution in [1.82, 2.24) is 4.31 Å². The fourth-order valence-corrected chi connectivity index (χ4v) is 1.96. The van der Waals surface area contributed by atoms with Crippen molar-refractivity contribution < 1.29 is 0 Å². The monoisotopic (exact) mass is 270 g/mol. The van der Waals surface area contributed by atoms with Gasteiger partial charge in [0.25, 0.3) is 0 Å². The molecule has 0 radical (unpaired) electrons. The predicted octanol–water partition coefficient (Wildman–Crippen LogP) is 3.07. The summed E-state index contributed by atoms with van der Waals surface area (Å²) in [5.74, 6) is 0.987. The topological polar surface area (TPSA) is 15.6 Å². The zero-order chi connectivity index (χ0) is 10.1. The Labute approximate surface area is 97.7 Å². The zero-order valence-corrected chi connectivity index (χ0v) is 10.3. The Bertz CT molecular complexity index is 361. The molecular weight excluding hydrogens is 260 g/mol. The molecule has 0 saturated heterocycles. The Morgan fingerprint density at radius 1 is 1.43 bits per heavy atom. The van der Waals surface area contributed by atoms with E-state index < -0.39 is 0 Å². The molecule has 0 fully saturated rings. The average molecular weight is 271 g/mol. The number of benzene rings is 1. The number of halogens is 1. The van der Waals surface area contributed by atoms with Crippen molar-refractivity contribution in [2.24, 2.45) is 4.99 Å². The quantitative estimate of drug-likeness (QED) is 0.776. The fourth-order valence-electron chi connectivity index (χ4n) is 1.49. The molecule has 74 valence electrons. The minimum absolute atomic E-state index is 0.237. The number of nitrogens with zero attached hydrogens (tertiary/aromatic N) is 2. The summed E-state index contributed by atoms with van der Waals surface area (Å²) in [6.45, 7) is 2.84. The van der Waals surface area contributed by atoms with Gasteiger partial charge in [0, 0.05) is 4.47 Å². The van der Waals surface area contributed by atoms with E-state index in [4.69, 9.17) is 0 Å². The molecule has 0 spiro atoms. The van der Waals surface area contributed by atoms with Gasteiger partial charge in [-0.05, 0) is 24.6 Å². The van der Waals surface area contributed by atoms with Crippen LogP contribution in [0.2, 0.25) is 0 Å². The average Bonchev–Trinajstić information content (AvgIpc) is 2.48. The van der Waals surface area contributed by atoms with E-state index >= 15 is 0 Å². The molecule has 1 heterocycles. The standard InChI is InChI=1S/C10H11BrN2S/c1-7-12-10(6-13(7)14)8-2-4-9(11)5-3-8/h2-5,10,14H,6H2,1H3. The van der Waals surface area contributed by atoms with Gasteiger partial charge in [-0.1, -0.05) is 40.9 Å². The Kier molecular flexibility index (Phi) is 2.83. The predicted molar refractivity (Wildman–Crippen MR) is 65.7 cm³/mol. The van der Waals surface area contributed by atoms with E-state index in [1.54, 1.807) is 0 Å². The summed E-state index contributed by atoms with van der Waals surface area (Å²) in [5.41, 5.74) is 1.24. The van der Waals surface area contributed by atoms with Crippen molar-refractivity contribution in [2.75, 3.05) is 6.54 Å². The van der Waals surface area contributed by atoms with E-state index in [1.165, 1.54) is 5.56 Å². The number of rotatable bonds is 1. The van der Waals surface area contributed by atoms with Gasteiger partial charge in [-0.3, -0.25) is 4.99 Å². The van der Waals surface area contributed by atoms with Crippen molar-refractivity contribution in [3.63, 3.8) is 0 Å². The van der Waals surface area contributed by atoms with Crippen LogP contribution < -0.4 is 0 Å². The van der Waals surface area contributed by atoms with Crippen molar-refractivity contribution in [1.29, 1.82) is 0 Å². The van der Waals surface area contributed by atoms with Crippen LogP contribution in [0, 0.1) is 0 Å². The molecule has 1 aromatic carbocycles. The number of aliphatic imine (C=N–C) groups is 1. The molecule has 0 aliphatic carbocycles. The maximum absolute atomic E-state index is 4.52. The van der Waals surface area contributed by atoms with Crippen LogP contribution >= 0.6 is 28.7 Å². The lowest BCUT2D eigenvalue weighted by molar-refractivity contribution is 0.640. The molecule has 1 aliphatic heterocycles. The van der Waals surface area contributed by atoms with Crippen LogP contribution in [-0.2, 0) is 0 Å². The first kappa shape index (κ1) is 10.1. The smallest absolute Gasteiger partial charge is 0.106 e. The molecular formula is C10H11BrN2S. The van der Waals surface area contributed by atoms with Crippen LogP contribution in [0.25, 0.3) is 0 Å². The summed E-state index contributed by atoms with van der Waals surface area (Å²) < 4.78 is 2.98. The van der Waals surface area contributed by atoms with Crippen LogP contribution in [0.15, 0.2) is 33.7 Å². The molecule has 14 heavy (non-hydrogen) atoms. The fraction of sp³-hybridized carbons (Fsp3) is 0.300. The second-order valence-corrected chi connectivity index (χ2v) is 4.72. The lowest BCUT2D eigenvalue weighted by Crippen LogP contribution is -2.14. The summed E-state index contributed by atoms with van der Waals surface area (Å²) in [5, 5.41) is 0. The molecule has 1 aliphatic rings. The second-order valence-electron chi connectivity index (χ2n) is 3.33. The van der Waals surface area contributed by atoms with E-state index in [1.807, 2.05) is 23.4 Å². The lowest BCUT2D eigenvalue weighted by Gasteiger charge is -2.10. The third kappa shape index (κ3) is 1.96. The Morgan fingerprint density at radius 3 is 2.57 bits per heavy atom. The van der Waals surface area contributed by atoms with E-state index in [-0.39, 0.29) is 6.04 Å². The van der Waals surface area contributed by atoms with Crippen molar-refractivity contribution >= 4 is 34.6 Å². The summed E-state index contributed by atoms with van der Waals surface area (Å²) in [7, 11) is 0. The molecule has 1 aromatic rings. The highest BCUT2D eigenvalue weighted by Crippen LogP contribution is 2.26. The molecule has 0 N–H and O–H groups in total. The Hall–Kier alpha value is -0.480. The van der Waals surface area contributed by atoms with Gasteiger partial charge in [0.15, 0.2) is 0 Å². The summed E-state index contributed by atoms with van der Waals surface area (Å²) in [6.07, 6.45) is 0. The molecule has 4 heteroatoms. The molecule has 2 nitrogen and oxygen atoms in total. The number of thiol groups is 1. The third-order valence-electron chi connectivity index (χ3n) is 2.32. The van der Waals surface area contributed by atoms with Gasteiger partial charge in [-0.2, -0.15) is 0 Å². The SMILES string of the molecule is CC1=NC(c2ccc(Br)cc2)CN1S. The van der Waals surface area contributed by atoms with Gasteiger partial charge in [-0.25, -0.2) is 0 Å². The largest absolute Gasteiger partial charge is 0.305 e. The van der Waals surface area contributed by atoms with Crippen LogP contribution in [-0.4, -0.2) is 16.7 Å². The maximum Gasteiger partial charge on any atom is 0.106 e. The first-order chi connectivity index (χ1) is 6.66. The van der Waals surface area contributed by atoms with Crippen LogP contribution in [0.4, 0.5) is 0 Å². The van der Waals surface area contributed by atoms with Crippen molar-refractivity contribution in [3.05, 3.63) is 34.3 Å². The first-order valence-electron chi connectivity index (χ1n) is 4.43. The van der Waals surface area contributed by atoms with Crippen LogP contribution in [0.1, 0.15) is 18.5 Å². The number of hydrogen-bond acceptors (Lipinski definition) is 3. The summed E-state index contributed by atoms with van der Waals surface area (Å²) in [6, 6.07) is 8.51. The van der Waals surface area contributed by atoms with Gasteiger partial charge in [0.05, 0.1) is 12.6 Å². The van der Waals surface area contributed by atoms with E-state index in [0.717, 1.165) is 16.9 Å². The summed E-state index contributed by atoms with van der Waals surface area (Å²) in [4.78, 5) is 4.52. The van der Waals surface area contributed by atoms with Gasteiger partial charge in [0.1, 0.15) is 5.84 Å². The van der Waals surface area contributed by atoms with Crippen molar-refractivity contribution in [3.8, 4) is 0 Å². The third-order valence-corrected chi connectivity index (χ3v) is 3.30. The summed E-state index contributed by atoms with van der Waals surface area (Å²) >= 11 is 7.73. The zero-order valence-electron chi connectivity index (χ0n) is 7.81. The normalized spacial score (nSPS) is 21.2. The van der Waals surface area contributed by atoms with Gasteiger partial charge < -0.3 is 4.31 Å². The first-order valence-corrected chi connectivity index (χ1v) is 5.62. The Balaban J connectivity index is 2.22. The maximum atomic E-state index is 4.52. The molecule has 0 saturated carbocycles. The van der Waals surface area contributed by atoms with Gasteiger partial charge in [-0.15, -0.1) is 0 Å². The molecule has 1 atom stereocenters. The molecule has 0 amide bonds. The highest BCUT2D eigenvalue weighted by Gasteiger charge is 2.21. The van der Waals surface area contributed by atoms with Gasteiger partial charge >= 0.3 is 0 Å². The van der Waals surface area contributed by atoms with Crippen LogP contribution in [0.5, 0.6) is 0 Å². The lowest BCUT2D eigenvalue weighted by atomic mass is 10.1. The van der Waals surface area contributed by atoms with E-state index in [2.05, 4.69) is 45.9 Å². The van der Waals surface area contributed by atoms with E-state index in [0.29, 0.717) is 0 Å². The second kappa shape index (κ2) is 3.95. The van der Waals surface area contributed by atoms with Gasteiger partial charge in [0.2, 0.25) is 0 Å². The number of hydrogen-bond donors (Lipinski definition) is 1. The van der Waals surface area contributed by atoms with Crippen molar-refractivity contribution in [2.45, 2.75) is 13.0 Å². The molecule has 2 rings (SSSR count). The molecule has 0 aromatic heterocycles. The van der Waals surface area contributed by atoms with E-state index in [9.17, 15) is 0 Å². The molecule has 1 unspecified atom stereocenters. The minimum atomic E-state index is 0.237.